The molecule has 0 unspecified atom stereocenters. The first kappa shape index (κ1) is 84.3. The van der Waals surface area contributed by atoms with Crippen LogP contribution in [-0.4, -0.2) is 178 Å². The number of amides is 4. The highest BCUT2D eigenvalue weighted by Gasteiger charge is 2.23. The highest BCUT2D eigenvalue weighted by Crippen LogP contribution is 2.37. The fraction of sp³-hybridized carbons (Fsp3) is 0.247. The van der Waals surface area contributed by atoms with Crippen LogP contribution in [0.2, 0.25) is 0 Å². The maximum Gasteiger partial charge on any atom is 0.255 e. The number of carbonyl (C=O) groups is 4. The van der Waals surface area contributed by atoms with Gasteiger partial charge in [-0.2, -0.15) is 20.4 Å². The first-order valence-corrected chi connectivity index (χ1v) is 36.7. The second-order valence-electron chi connectivity index (χ2n) is 25.7. The van der Waals surface area contributed by atoms with Crippen LogP contribution < -0.4 is 56.6 Å². The van der Waals surface area contributed by atoms with Crippen molar-refractivity contribution in [3.05, 3.63) is 236 Å². The Kier molecular flexibility index (Phi) is 32.1. The lowest BCUT2D eigenvalue weighted by Crippen LogP contribution is -2.27. The van der Waals surface area contributed by atoms with Gasteiger partial charge in [-0.05, 0) is 223 Å². The summed E-state index contributed by atoms with van der Waals surface area (Å²) in [5.74, 6) is -0.0505. The lowest BCUT2D eigenvalue weighted by Gasteiger charge is -2.12. The monoisotopic (exact) mass is 1540 g/mol. The van der Waals surface area contributed by atoms with E-state index in [0.717, 1.165) is 83.9 Å². The minimum atomic E-state index is -0.286. The standard InChI is InChI=1S/2C22H25FN4O2.C21H23FN4O2.C20H21FN4O2/c1-27(2)14-4-13-24-22(28)17-10-12-19-20(21(17)29-3)18(25-26-19)11-7-15-5-8-16(23)9-6-15;1-3-24-13-4-14-25-22(28)17-10-12-19-20(21(17)29-2)18(26-27-19)11-7-15-5-8-16(23)9-6-15;1-23-12-3-13-24-21(27)16-9-11-18-19(20(16)28-2)17(25-26-18)10-6-14-4-7-15(22)8-5-14;1-27-19-15(20(26)23-12-2-11-22)8-10-17-18(19)16(24-25-17)9-5-13-3-6-14(21)7-4-13/h5-12H,4,13-14H2,1-3H3,(H,24,28)(H,25,26);5-12,24H,3-4,13-14H2,1-2H3,(H,25,28)(H,26,27);4-11,23H,3,12-13H2,1-2H3,(H,24,27)(H,25,26);3-10H,2,11-12,22H2,1H3,(H,23,26)(H,24,25)/b2*11-7+;10-6+;9-5+. The van der Waals surface area contributed by atoms with Crippen molar-refractivity contribution >= 4 is 116 Å². The van der Waals surface area contributed by atoms with Crippen molar-refractivity contribution in [3.8, 4) is 23.0 Å². The molecule has 12 rings (SSSR count). The zero-order valence-corrected chi connectivity index (χ0v) is 64.3. The number of benzene rings is 8. The molecule has 0 aliphatic carbocycles. The van der Waals surface area contributed by atoms with Crippen LogP contribution in [0.4, 0.5) is 17.6 Å². The number of aromatic amines is 4. The average molecular weight is 1540 g/mol. The van der Waals surface area contributed by atoms with Crippen LogP contribution in [-0.2, 0) is 0 Å². The van der Waals surface area contributed by atoms with Crippen molar-refractivity contribution in [3.63, 3.8) is 0 Å². The SMILES string of the molecule is CCNCCCNC(=O)c1ccc2n[nH]c(/C=C/c3ccc(F)cc3)c2c1OC.CNCCCNC(=O)c1ccc2n[nH]c(/C=C/c3ccc(F)cc3)c2c1OC.COc1c(C(=O)NCCCN(C)C)ccc2n[nH]c(/C=C/c3ccc(F)cc3)c12.COc1c(C(=O)NCCCN)ccc2n[nH]c(/C=C/c3ccc(F)cc3)c12. The lowest BCUT2D eigenvalue weighted by molar-refractivity contribution is 0.0941. The highest BCUT2D eigenvalue weighted by molar-refractivity contribution is 6.09. The Balaban J connectivity index is 0.000000173. The number of hydrogen-bond acceptors (Lipinski definition) is 16. The topological polar surface area (TPSA) is 321 Å². The predicted molar refractivity (Wildman–Crippen MR) is 440 cm³/mol. The minimum Gasteiger partial charge on any atom is -0.495 e. The van der Waals surface area contributed by atoms with Gasteiger partial charge in [-0.3, -0.25) is 39.6 Å². The van der Waals surface area contributed by atoms with Crippen LogP contribution in [0, 0.1) is 23.3 Å². The number of halogens is 4. The number of methoxy groups -OCH3 is 4. The molecular weight excluding hydrogens is 1450 g/mol. The van der Waals surface area contributed by atoms with E-state index in [0.29, 0.717) is 135 Å². The third-order valence-corrected chi connectivity index (χ3v) is 17.5. The summed E-state index contributed by atoms with van der Waals surface area (Å²) in [5.41, 5.74) is 16.3. The number of carbonyl (C=O) groups excluding carboxylic acids is 4. The Morgan fingerprint density at radius 1 is 0.381 bits per heavy atom. The Morgan fingerprint density at radius 2 is 0.646 bits per heavy atom. The van der Waals surface area contributed by atoms with Gasteiger partial charge in [-0.1, -0.05) is 79.8 Å². The largest absolute Gasteiger partial charge is 0.495 e. The second-order valence-corrected chi connectivity index (χ2v) is 25.7. The summed E-state index contributed by atoms with van der Waals surface area (Å²) >= 11 is 0. The summed E-state index contributed by atoms with van der Waals surface area (Å²) in [4.78, 5) is 52.4. The van der Waals surface area contributed by atoms with Crippen LogP contribution in [0.15, 0.2) is 146 Å². The van der Waals surface area contributed by atoms with Crippen molar-refractivity contribution in [2.75, 3.05) is 108 Å². The molecule has 0 saturated carbocycles. The van der Waals surface area contributed by atoms with Crippen molar-refractivity contribution in [1.29, 1.82) is 0 Å². The molecule has 12 N–H and O–H groups in total. The Labute approximate surface area is 652 Å². The molecule has 8 aromatic carbocycles. The fourth-order valence-corrected chi connectivity index (χ4v) is 11.8. The summed E-state index contributed by atoms with van der Waals surface area (Å²) in [6.45, 7) is 8.29. The number of hydrogen-bond donors (Lipinski definition) is 11. The smallest absolute Gasteiger partial charge is 0.255 e. The molecule has 4 amide bonds. The summed E-state index contributed by atoms with van der Waals surface area (Å²) in [7, 11) is 12.0. The van der Waals surface area contributed by atoms with Gasteiger partial charge in [0.2, 0.25) is 0 Å². The summed E-state index contributed by atoms with van der Waals surface area (Å²) in [6, 6.07) is 38.7. The molecule has 590 valence electrons. The summed E-state index contributed by atoms with van der Waals surface area (Å²) in [5, 5.41) is 49.8. The Hall–Kier alpha value is -12.8. The van der Waals surface area contributed by atoms with Gasteiger partial charge in [0.25, 0.3) is 23.6 Å². The van der Waals surface area contributed by atoms with Crippen molar-refractivity contribution in [1.82, 2.24) is 77.6 Å². The number of nitrogens with one attached hydrogen (secondary N) is 10. The zero-order valence-electron chi connectivity index (χ0n) is 64.3. The van der Waals surface area contributed by atoms with Crippen LogP contribution in [0.1, 0.15) is 119 Å². The molecule has 4 aromatic heterocycles. The van der Waals surface area contributed by atoms with Crippen LogP contribution in [0.25, 0.3) is 92.2 Å². The lowest BCUT2D eigenvalue weighted by atomic mass is 10.1. The van der Waals surface area contributed by atoms with E-state index < -0.39 is 0 Å². The predicted octanol–water partition coefficient (Wildman–Crippen LogP) is 13.4. The van der Waals surface area contributed by atoms with E-state index in [2.05, 4.69) is 77.6 Å². The van der Waals surface area contributed by atoms with Crippen molar-refractivity contribution in [2.24, 2.45) is 5.73 Å². The molecule has 0 aliphatic rings. The molecule has 24 nitrogen and oxygen atoms in total. The maximum absolute atomic E-state index is 13.1. The molecule has 0 spiro atoms. The van der Waals surface area contributed by atoms with Gasteiger partial charge in [0.1, 0.15) is 46.3 Å². The second kappa shape index (κ2) is 43.0. The number of nitrogens with zero attached hydrogens (tertiary/aromatic N) is 5. The van der Waals surface area contributed by atoms with Gasteiger partial charge in [-0.25, -0.2) is 17.6 Å². The first-order valence-electron chi connectivity index (χ1n) is 36.7. The minimum absolute atomic E-state index is 0.183. The number of ether oxygens (including phenoxy) is 4. The van der Waals surface area contributed by atoms with E-state index in [1.54, 1.807) is 97.1 Å². The van der Waals surface area contributed by atoms with E-state index in [-0.39, 0.29) is 46.9 Å². The number of rotatable bonds is 32. The average Bonchev–Trinajstić information content (AvgIpc) is 1.69. The van der Waals surface area contributed by atoms with E-state index in [4.69, 9.17) is 24.7 Å². The Bertz CT molecular complexity index is 5250. The van der Waals surface area contributed by atoms with Gasteiger partial charge in [-0.15, -0.1) is 0 Å². The molecular formula is C85H94F4N16O8. The van der Waals surface area contributed by atoms with Gasteiger partial charge >= 0.3 is 0 Å². The van der Waals surface area contributed by atoms with Gasteiger partial charge in [0, 0.05) is 26.2 Å². The molecule has 0 saturated heterocycles. The number of H-pyrrole nitrogens is 4. The highest BCUT2D eigenvalue weighted by atomic mass is 19.1. The third kappa shape index (κ3) is 23.4. The molecule has 0 bridgehead atoms. The number of fused-ring (bicyclic) bond motifs is 4. The molecule has 0 radical (unpaired) electrons. The molecule has 0 atom stereocenters. The molecule has 4 heterocycles. The van der Waals surface area contributed by atoms with Crippen LogP contribution in [0.3, 0.4) is 0 Å². The number of nitrogens with two attached hydrogens (primary N) is 1. The van der Waals surface area contributed by atoms with E-state index in [1.165, 1.54) is 77.0 Å². The molecule has 28 heteroatoms. The van der Waals surface area contributed by atoms with E-state index in [1.807, 2.05) is 76.7 Å². The van der Waals surface area contributed by atoms with Gasteiger partial charge in [0.05, 0.1) is 117 Å². The third-order valence-electron chi connectivity index (χ3n) is 17.5. The Morgan fingerprint density at radius 3 is 0.894 bits per heavy atom. The van der Waals surface area contributed by atoms with E-state index in [9.17, 15) is 36.7 Å². The van der Waals surface area contributed by atoms with Crippen molar-refractivity contribution < 1.29 is 55.7 Å². The van der Waals surface area contributed by atoms with Crippen LogP contribution >= 0.6 is 0 Å². The maximum atomic E-state index is 13.1. The van der Waals surface area contributed by atoms with Gasteiger partial charge < -0.3 is 61.5 Å². The summed E-state index contributed by atoms with van der Waals surface area (Å²) < 4.78 is 74.5. The number of aromatic nitrogens is 8. The summed E-state index contributed by atoms with van der Waals surface area (Å²) in [6.07, 6.45) is 17.9. The van der Waals surface area contributed by atoms with E-state index >= 15 is 0 Å². The zero-order chi connectivity index (χ0) is 80.6. The molecule has 0 aliphatic heterocycles. The van der Waals surface area contributed by atoms with Crippen LogP contribution in [0.5, 0.6) is 23.0 Å². The van der Waals surface area contributed by atoms with Gasteiger partial charge in [0.15, 0.2) is 0 Å². The fourth-order valence-electron chi connectivity index (χ4n) is 11.8. The first-order chi connectivity index (χ1) is 54.9. The quantitative estimate of drug-likeness (QED) is 0.0138. The molecule has 0 fully saturated rings. The molecule has 113 heavy (non-hydrogen) atoms. The normalized spacial score (nSPS) is 11.3. The molecule has 12 aromatic rings. The van der Waals surface area contributed by atoms with Crippen molar-refractivity contribution in [2.45, 2.75) is 32.6 Å².